The molecule has 1 aromatic rings. The first kappa shape index (κ1) is 16.0. The van der Waals surface area contributed by atoms with E-state index in [-0.39, 0.29) is 5.60 Å². The van der Waals surface area contributed by atoms with Gasteiger partial charge in [-0.25, -0.2) is 4.98 Å². The summed E-state index contributed by atoms with van der Waals surface area (Å²) in [6, 6.07) is 0.629. The van der Waals surface area contributed by atoms with E-state index in [1.807, 2.05) is 17.9 Å². The second kappa shape index (κ2) is 6.69. The van der Waals surface area contributed by atoms with Crippen LogP contribution in [0.4, 0.5) is 0 Å². The lowest BCUT2D eigenvalue weighted by Gasteiger charge is -2.47. The van der Waals surface area contributed by atoms with Crippen LogP contribution in [0.2, 0.25) is 0 Å². The molecule has 2 fully saturated rings. The minimum Gasteiger partial charge on any atom is -0.375 e. The highest BCUT2D eigenvalue weighted by molar-refractivity contribution is 4.99. The van der Waals surface area contributed by atoms with Gasteiger partial charge in [0, 0.05) is 45.5 Å². The van der Waals surface area contributed by atoms with Gasteiger partial charge >= 0.3 is 0 Å². The molecule has 124 valence electrons. The molecule has 3 heterocycles. The zero-order chi connectivity index (χ0) is 15.6. The van der Waals surface area contributed by atoms with Gasteiger partial charge in [0.1, 0.15) is 0 Å². The highest BCUT2D eigenvalue weighted by Gasteiger charge is 2.41. The number of nitrogens with zero attached hydrogens (tertiary/aromatic N) is 4. The van der Waals surface area contributed by atoms with Crippen LogP contribution in [0, 0.1) is 0 Å². The van der Waals surface area contributed by atoms with Gasteiger partial charge < -0.3 is 14.2 Å². The van der Waals surface area contributed by atoms with Crippen LogP contribution in [0.5, 0.6) is 0 Å². The second-order valence-electron chi connectivity index (χ2n) is 7.07. The van der Waals surface area contributed by atoms with Gasteiger partial charge in [0.05, 0.1) is 17.6 Å². The first-order valence-corrected chi connectivity index (χ1v) is 8.64. The quantitative estimate of drug-likeness (QED) is 0.850. The van der Waals surface area contributed by atoms with Crippen molar-refractivity contribution in [3.63, 3.8) is 0 Å². The fourth-order valence-electron chi connectivity index (χ4n) is 3.94. The molecule has 22 heavy (non-hydrogen) atoms. The number of rotatable bonds is 4. The largest absolute Gasteiger partial charge is 0.375 e. The number of piperidine rings is 1. The maximum absolute atomic E-state index is 6.26. The van der Waals surface area contributed by atoms with Gasteiger partial charge in [-0.2, -0.15) is 0 Å². The van der Waals surface area contributed by atoms with Crippen molar-refractivity contribution >= 4 is 0 Å². The fourth-order valence-corrected chi connectivity index (χ4v) is 3.94. The van der Waals surface area contributed by atoms with Crippen molar-refractivity contribution in [3.05, 3.63) is 18.2 Å². The van der Waals surface area contributed by atoms with E-state index in [0.717, 1.165) is 26.1 Å². The summed E-state index contributed by atoms with van der Waals surface area (Å²) >= 11 is 0. The van der Waals surface area contributed by atoms with E-state index in [0.29, 0.717) is 6.04 Å². The van der Waals surface area contributed by atoms with E-state index in [4.69, 9.17) is 4.74 Å². The summed E-state index contributed by atoms with van der Waals surface area (Å²) in [4.78, 5) is 9.50. The lowest BCUT2D eigenvalue weighted by atomic mass is 9.82. The smallest absolute Gasteiger partial charge is 0.0947 e. The third kappa shape index (κ3) is 3.53. The van der Waals surface area contributed by atoms with Crippen molar-refractivity contribution in [1.82, 2.24) is 19.4 Å². The van der Waals surface area contributed by atoms with E-state index in [1.165, 1.54) is 38.0 Å². The van der Waals surface area contributed by atoms with E-state index in [9.17, 15) is 0 Å². The molecule has 2 aliphatic heterocycles. The van der Waals surface area contributed by atoms with Gasteiger partial charge in [-0.1, -0.05) is 6.92 Å². The number of hydrogen-bond acceptors (Lipinski definition) is 4. The summed E-state index contributed by atoms with van der Waals surface area (Å²) in [5, 5.41) is 0. The Morgan fingerprint density at radius 3 is 2.77 bits per heavy atom. The molecule has 2 aliphatic rings. The first-order chi connectivity index (χ1) is 10.6. The van der Waals surface area contributed by atoms with Crippen molar-refractivity contribution in [2.45, 2.75) is 50.8 Å². The Balaban J connectivity index is 1.64. The van der Waals surface area contributed by atoms with E-state index in [2.05, 4.69) is 35.0 Å². The highest BCUT2D eigenvalue weighted by Crippen LogP contribution is 2.36. The SMILES string of the molecule is CCN(Cc1cn(C)cn1)C1CCOC2(CCN(C)CC2)C1. The molecule has 1 aromatic heterocycles. The monoisotopic (exact) mass is 306 g/mol. The summed E-state index contributed by atoms with van der Waals surface area (Å²) in [5.74, 6) is 0. The molecule has 0 aromatic carbocycles. The number of imidazole rings is 1. The first-order valence-electron chi connectivity index (χ1n) is 8.64. The van der Waals surface area contributed by atoms with E-state index >= 15 is 0 Å². The Hall–Kier alpha value is -0.910. The second-order valence-corrected chi connectivity index (χ2v) is 7.07. The third-order valence-electron chi connectivity index (χ3n) is 5.41. The zero-order valence-corrected chi connectivity index (χ0v) is 14.3. The minimum absolute atomic E-state index is 0.132. The van der Waals surface area contributed by atoms with Crippen LogP contribution in [0.3, 0.4) is 0 Å². The summed E-state index contributed by atoms with van der Waals surface area (Å²) in [6.07, 6.45) is 8.72. The Labute approximate surface area is 134 Å². The Morgan fingerprint density at radius 2 is 2.14 bits per heavy atom. The number of aromatic nitrogens is 2. The van der Waals surface area contributed by atoms with E-state index in [1.54, 1.807) is 0 Å². The molecule has 1 unspecified atom stereocenters. The molecule has 1 atom stereocenters. The van der Waals surface area contributed by atoms with Crippen molar-refractivity contribution in [2.24, 2.45) is 7.05 Å². The molecule has 0 saturated carbocycles. The lowest BCUT2D eigenvalue weighted by molar-refractivity contribution is -0.131. The van der Waals surface area contributed by atoms with Gasteiger partial charge in [-0.3, -0.25) is 4.90 Å². The number of ether oxygens (including phenoxy) is 1. The molecule has 0 amide bonds. The summed E-state index contributed by atoms with van der Waals surface area (Å²) in [5.41, 5.74) is 1.31. The fraction of sp³-hybridized carbons (Fsp3) is 0.824. The highest BCUT2D eigenvalue weighted by atomic mass is 16.5. The average Bonchev–Trinajstić information content (AvgIpc) is 2.94. The Kier molecular flexibility index (Phi) is 4.85. The topological polar surface area (TPSA) is 33.5 Å². The number of likely N-dealkylation sites (tertiary alicyclic amines) is 1. The van der Waals surface area contributed by atoms with Gasteiger partial charge in [0.15, 0.2) is 0 Å². The number of aryl methyl sites for hydroxylation is 1. The zero-order valence-electron chi connectivity index (χ0n) is 14.3. The maximum atomic E-state index is 6.26. The van der Waals surface area contributed by atoms with Crippen molar-refractivity contribution in [3.8, 4) is 0 Å². The summed E-state index contributed by atoms with van der Waals surface area (Å²) < 4.78 is 8.29. The summed E-state index contributed by atoms with van der Waals surface area (Å²) in [7, 11) is 4.25. The van der Waals surface area contributed by atoms with Crippen LogP contribution in [0.25, 0.3) is 0 Å². The Bertz CT molecular complexity index is 479. The van der Waals surface area contributed by atoms with Crippen LogP contribution in [-0.2, 0) is 18.3 Å². The van der Waals surface area contributed by atoms with E-state index < -0.39 is 0 Å². The van der Waals surface area contributed by atoms with Gasteiger partial charge in [0.2, 0.25) is 0 Å². The average molecular weight is 306 g/mol. The molecule has 1 spiro atoms. The van der Waals surface area contributed by atoms with Crippen LogP contribution in [-0.4, -0.2) is 64.3 Å². The predicted octanol–water partition coefficient (Wildman–Crippen LogP) is 1.89. The molecular weight excluding hydrogens is 276 g/mol. The van der Waals surface area contributed by atoms with Crippen molar-refractivity contribution < 1.29 is 4.74 Å². The predicted molar refractivity (Wildman–Crippen MR) is 87.7 cm³/mol. The molecule has 3 rings (SSSR count). The maximum Gasteiger partial charge on any atom is 0.0947 e. The number of hydrogen-bond donors (Lipinski definition) is 0. The normalized spacial score (nSPS) is 25.9. The molecule has 5 nitrogen and oxygen atoms in total. The Morgan fingerprint density at radius 1 is 1.36 bits per heavy atom. The molecule has 2 saturated heterocycles. The van der Waals surface area contributed by atoms with Crippen molar-refractivity contribution in [2.75, 3.05) is 33.3 Å². The molecular formula is C17H30N4O. The lowest BCUT2D eigenvalue weighted by Crippen LogP contribution is -2.53. The van der Waals surface area contributed by atoms with Crippen LogP contribution >= 0.6 is 0 Å². The van der Waals surface area contributed by atoms with Crippen molar-refractivity contribution in [1.29, 1.82) is 0 Å². The molecule has 0 bridgehead atoms. The van der Waals surface area contributed by atoms with Gasteiger partial charge in [0.25, 0.3) is 0 Å². The molecule has 0 N–H and O–H groups in total. The molecule has 5 heteroatoms. The van der Waals surface area contributed by atoms with Crippen LogP contribution < -0.4 is 0 Å². The molecule has 0 aliphatic carbocycles. The standard InChI is InChI=1S/C17H30N4O/c1-4-21(13-15-12-20(3)14-18-15)16-5-10-22-17(11-16)6-8-19(2)9-7-17/h12,14,16H,4-11,13H2,1-3H3. The summed E-state index contributed by atoms with van der Waals surface area (Å²) in [6.45, 7) is 7.54. The van der Waals surface area contributed by atoms with Gasteiger partial charge in [-0.05, 0) is 39.3 Å². The van der Waals surface area contributed by atoms with Crippen LogP contribution in [0.1, 0.15) is 38.3 Å². The van der Waals surface area contributed by atoms with Gasteiger partial charge in [-0.15, -0.1) is 0 Å². The minimum atomic E-state index is 0.132. The third-order valence-corrected chi connectivity index (χ3v) is 5.41. The van der Waals surface area contributed by atoms with Crippen LogP contribution in [0.15, 0.2) is 12.5 Å². The molecule has 0 radical (unpaired) electrons.